The molecule has 0 spiro atoms. The van der Waals surface area contributed by atoms with Crippen molar-refractivity contribution in [2.45, 2.75) is 59.0 Å². The summed E-state index contributed by atoms with van der Waals surface area (Å²) >= 11 is 1.54. The number of nitrogens with two attached hydrogens (primary N) is 1. The third-order valence-corrected chi connectivity index (χ3v) is 10.4. The van der Waals surface area contributed by atoms with Crippen LogP contribution in [-0.2, 0) is 61.7 Å². The number of benzene rings is 1. The van der Waals surface area contributed by atoms with E-state index in [2.05, 4.69) is 28.6 Å². The Morgan fingerprint density at radius 1 is 0.732 bits per heavy atom. The van der Waals surface area contributed by atoms with Crippen LogP contribution in [0.15, 0.2) is 51.3 Å². The number of nitriles is 1. The number of carbonyl (C=O) groups is 2. The lowest BCUT2D eigenvalue weighted by molar-refractivity contribution is -0.156. The van der Waals surface area contributed by atoms with Crippen LogP contribution in [0.3, 0.4) is 0 Å². The van der Waals surface area contributed by atoms with Crippen molar-refractivity contribution in [2.75, 3.05) is 158 Å². The maximum atomic E-state index is 13.6. The van der Waals surface area contributed by atoms with Gasteiger partial charge in [0.05, 0.1) is 166 Å². The summed E-state index contributed by atoms with van der Waals surface area (Å²) in [6.45, 7) is 18.7. The molecule has 0 radical (unpaired) electrons. The summed E-state index contributed by atoms with van der Waals surface area (Å²) in [5.41, 5.74) is 8.27. The summed E-state index contributed by atoms with van der Waals surface area (Å²) in [4.78, 5) is 37.2. The number of hydrogen-bond acceptors (Lipinski definition) is 18. The number of thiophene rings is 1. The van der Waals surface area contributed by atoms with E-state index in [1.165, 1.54) is 0 Å². The molecular formula is C50H79N7O13S. The minimum Gasteiger partial charge on any atom is -0.460 e. The number of amidine groups is 1. The van der Waals surface area contributed by atoms with E-state index in [0.29, 0.717) is 200 Å². The highest BCUT2D eigenvalue weighted by molar-refractivity contribution is 7.11. The predicted octanol–water partition coefficient (Wildman–Crippen LogP) is 4.79. The van der Waals surface area contributed by atoms with E-state index in [9.17, 15) is 14.9 Å². The Morgan fingerprint density at radius 2 is 1.24 bits per heavy atom. The quantitative estimate of drug-likeness (QED) is 0.0351. The molecule has 0 saturated heterocycles. The fraction of sp³-hybridized carbons (Fsp3) is 0.660. The largest absolute Gasteiger partial charge is 0.460 e. The minimum atomic E-state index is -0.487. The number of nitrogens with zero attached hydrogens (tertiary/aromatic N) is 4. The molecule has 0 bridgehead atoms. The van der Waals surface area contributed by atoms with E-state index >= 15 is 0 Å². The molecule has 3 rings (SSSR count). The van der Waals surface area contributed by atoms with Crippen LogP contribution in [0, 0.1) is 11.3 Å². The maximum absolute atomic E-state index is 13.6. The molecule has 1 aromatic heterocycles. The molecule has 2 aromatic rings. The molecule has 1 amide bonds. The van der Waals surface area contributed by atoms with Gasteiger partial charge in [-0.25, -0.2) is 9.98 Å². The molecular weight excluding hydrogens is 939 g/mol. The minimum absolute atomic E-state index is 0.0310. The molecule has 4 N–H and O–H groups in total. The first kappa shape index (κ1) is 60.7. The van der Waals surface area contributed by atoms with Crippen LogP contribution in [-0.4, -0.2) is 192 Å². The smallest absolute Gasteiger partial charge is 0.308 e. The number of esters is 1. The number of amides is 1. The van der Waals surface area contributed by atoms with Crippen LogP contribution >= 0.6 is 11.3 Å². The second-order valence-electron chi connectivity index (χ2n) is 16.7. The van der Waals surface area contributed by atoms with Crippen LogP contribution in [0.4, 0.5) is 11.4 Å². The van der Waals surface area contributed by atoms with Crippen molar-refractivity contribution in [3.63, 3.8) is 0 Å². The van der Waals surface area contributed by atoms with E-state index in [1.54, 1.807) is 29.5 Å². The standard InChI is InChI=1S/C50H79N7O13S/c1-5-14-57(48(59)42-38-45-44(11-36-71-45)56-46(52)39-42)15-7-12-53-49(55-43-9-6-8-41(37-43)40-51)54-13-17-61-19-21-63-23-25-65-27-29-67-31-33-69-35-34-68-32-30-66-28-26-64-24-22-62-20-18-60-16-10-47(58)70-50(2,3)4/h6,8-9,11,36-38H,5,7,10,12-35,39H2,1-4H3,(H2,52,56)(H2,53,54,55). The Hall–Kier alpha value is -4.57. The number of fused-ring (bicyclic) bond motifs is 1. The molecule has 0 fully saturated rings. The van der Waals surface area contributed by atoms with Gasteiger partial charge in [-0.2, -0.15) is 5.26 Å². The molecule has 2 heterocycles. The van der Waals surface area contributed by atoms with Gasteiger partial charge in [0.25, 0.3) is 0 Å². The Bertz CT molecular complexity index is 1890. The molecule has 0 atom stereocenters. The van der Waals surface area contributed by atoms with Gasteiger partial charge in [0.15, 0.2) is 5.96 Å². The fourth-order valence-electron chi connectivity index (χ4n) is 6.30. The lowest BCUT2D eigenvalue weighted by Crippen LogP contribution is -2.41. The predicted molar refractivity (Wildman–Crippen MR) is 273 cm³/mol. The summed E-state index contributed by atoms with van der Waals surface area (Å²) in [6.07, 6.45) is 3.96. The lowest BCUT2D eigenvalue weighted by atomic mass is 10.1. The summed E-state index contributed by atoms with van der Waals surface area (Å²) in [6, 6.07) is 11.2. The van der Waals surface area contributed by atoms with Gasteiger partial charge in [-0.15, -0.1) is 11.3 Å². The Morgan fingerprint density at radius 3 is 1.75 bits per heavy atom. The summed E-state index contributed by atoms with van der Waals surface area (Å²) < 4.78 is 60.6. The first-order valence-electron chi connectivity index (χ1n) is 24.5. The van der Waals surface area contributed by atoms with Gasteiger partial charge in [0, 0.05) is 38.2 Å². The highest BCUT2D eigenvalue weighted by Gasteiger charge is 2.22. The summed E-state index contributed by atoms with van der Waals surface area (Å²) in [7, 11) is 0. The van der Waals surface area contributed by atoms with Gasteiger partial charge in [0.2, 0.25) is 5.91 Å². The molecule has 20 nitrogen and oxygen atoms in total. The Balaban J connectivity index is 1.10. The SMILES string of the molecule is CCCN(CCCN/C(=N\c1cccc(C#N)c1)NCCOCCOCCOCCOCCOCCOCCOCCOCCOCCOCCC(=O)OC(C)(C)C)C(=O)C1=Cc2sccc2N=C(N)C1. The fourth-order valence-corrected chi connectivity index (χ4v) is 7.09. The zero-order chi connectivity index (χ0) is 51.0. The average Bonchev–Trinajstić information content (AvgIpc) is 3.71. The zero-order valence-corrected chi connectivity index (χ0v) is 43.2. The van der Waals surface area contributed by atoms with E-state index in [4.69, 9.17) is 62.8 Å². The highest BCUT2D eigenvalue weighted by atomic mass is 32.1. The number of carbonyl (C=O) groups excluding carboxylic acids is 2. The number of rotatable bonds is 41. The molecule has 0 aliphatic carbocycles. The van der Waals surface area contributed by atoms with Crippen LogP contribution in [0.2, 0.25) is 0 Å². The molecule has 21 heteroatoms. The molecule has 1 aromatic carbocycles. The number of guanidine groups is 1. The van der Waals surface area contributed by atoms with Crippen molar-refractivity contribution in [3.8, 4) is 6.07 Å². The van der Waals surface area contributed by atoms with Crippen molar-refractivity contribution >= 4 is 52.5 Å². The number of hydrogen-bond donors (Lipinski definition) is 3. The number of ether oxygens (including phenoxy) is 11. The topological polar surface area (TPSA) is 237 Å². The molecule has 1 aliphatic heterocycles. The highest BCUT2D eigenvalue weighted by Crippen LogP contribution is 2.31. The Kier molecular flexibility index (Phi) is 33.4. The van der Waals surface area contributed by atoms with Crippen LogP contribution in [0.5, 0.6) is 0 Å². The number of nitrogens with one attached hydrogen (secondary N) is 2. The summed E-state index contributed by atoms with van der Waals surface area (Å²) in [5, 5.41) is 18.0. The van der Waals surface area contributed by atoms with Gasteiger partial charge in [-0.05, 0) is 69.3 Å². The molecule has 398 valence electrons. The van der Waals surface area contributed by atoms with E-state index in [0.717, 1.165) is 17.0 Å². The lowest BCUT2D eigenvalue weighted by Gasteiger charge is -2.24. The van der Waals surface area contributed by atoms with Crippen molar-refractivity contribution in [2.24, 2.45) is 15.7 Å². The Labute approximate surface area is 424 Å². The van der Waals surface area contributed by atoms with E-state index < -0.39 is 5.60 Å². The third-order valence-electron chi connectivity index (χ3n) is 9.54. The van der Waals surface area contributed by atoms with Crippen molar-refractivity contribution in [3.05, 3.63) is 51.7 Å². The van der Waals surface area contributed by atoms with Gasteiger partial charge >= 0.3 is 5.97 Å². The van der Waals surface area contributed by atoms with Crippen LogP contribution < -0.4 is 16.4 Å². The van der Waals surface area contributed by atoms with Crippen molar-refractivity contribution in [1.82, 2.24) is 15.5 Å². The molecule has 71 heavy (non-hydrogen) atoms. The van der Waals surface area contributed by atoms with Gasteiger partial charge in [-0.3, -0.25) is 9.59 Å². The van der Waals surface area contributed by atoms with Crippen LogP contribution in [0.1, 0.15) is 63.8 Å². The second-order valence-corrected chi connectivity index (χ2v) is 17.6. The summed E-state index contributed by atoms with van der Waals surface area (Å²) in [5.74, 6) is 0.668. The normalized spacial score (nSPS) is 12.7. The average molecular weight is 1020 g/mol. The van der Waals surface area contributed by atoms with Gasteiger partial charge in [0.1, 0.15) is 11.4 Å². The second kappa shape index (κ2) is 39.0. The third kappa shape index (κ3) is 30.8. The van der Waals surface area contributed by atoms with Crippen molar-refractivity contribution in [1.29, 1.82) is 5.26 Å². The van der Waals surface area contributed by atoms with E-state index in [1.807, 2.05) is 49.3 Å². The van der Waals surface area contributed by atoms with Crippen molar-refractivity contribution < 1.29 is 61.7 Å². The molecule has 0 unspecified atom stereocenters. The monoisotopic (exact) mass is 1020 g/mol. The number of aliphatic imine (C=N–C) groups is 2. The maximum Gasteiger partial charge on any atom is 0.308 e. The van der Waals surface area contributed by atoms with Gasteiger partial charge in [-0.1, -0.05) is 13.0 Å². The first-order chi connectivity index (χ1) is 34.6. The van der Waals surface area contributed by atoms with E-state index in [-0.39, 0.29) is 18.3 Å². The molecule has 0 saturated carbocycles. The first-order valence-corrected chi connectivity index (χ1v) is 25.4. The molecule has 1 aliphatic rings. The van der Waals surface area contributed by atoms with Gasteiger partial charge < -0.3 is 73.4 Å². The van der Waals surface area contributed by atoms with Crippen LogP contribution in [0.25, 0.3) is 6.08 Å². The zero-order valence-electron chi connectivity index (χ0n) is 42.4.